The van der Waals surface area contributed by atoms with Crippen molar-refractivity contribution in [3.63, 3.8) is 0 Å². The Morgan fingerprint density at radius 1 is 1.07 bits per heavy atom. The third-order valence-electron chi connectivity index (χ3n) is 5.10. The molecule has 4 rings (SSSR count). The van der Waals surface area contributed by atoms with E-state index in [1.165, 1.54) is 5.56 Å². The quantitative estimate of drug-likeness (QED) is 0.267. The average Bonchev–Trinajstić information content (AvgIpc) is 3.09. The molecular weight excluding hydrogens is 489 g/mol. The normalized spacial score (nSPS) is 18.1. The molecule has 2 aromatic carbocycles. The second-order valence-electron chi connectivity index (χ2n) is 8.42. The van der Waals surface area contributed by atoms with Gasteiger partial charge in [0, 0.05) is 27.4 Å². The Bertz CT molecular complexity index is 1010. The van der Waals surface area contributed by atoms with Crippen molar-refractivity contribution in [1.82, 2.24) is 14.8 Å². The summed E-state index contributed by atoms with van der Waals surface area (Å²) < 4.78 is 2.56. The van der Waals surface area contributed by atoms with Crippen molar-refractivity contribution in [2.75, 3.05) is 5.75 Å². The van der Waals surface area contributed by atoms with E-state index in [0.717, 1.165) is 38.9 Å². The van der Waals surface area contributed by atoms with Gasteiger partial charge < -0.3 is 0 Å². The number of halogens is 3. The SMILES string of the molecule is CC(C)(C)c1ccc(-c2nnc(SC[C@@H]3CC3(Cl)Cl)n2-c2ccc(Br)cc2)cc1. The summed E-state index contributed by atoms with van der Waals surface area (Å²) in [6.45, 7) is 6.65. The fraction of sp³-hybridized carbons (Fsp3) is 0.364. The fourth-order valence-corrected chi connectivity index (χ4v) is 5.26. The summed E-state index contributed by atoms with van der Waals surface area (Å²) in [6, 6.07) is 16.8. The van der Waals surface area contributed by atoms with Crippen LogP contribution in [0.4, 0.5) is 0 Å². The van der Waals surface area contributed by atoms with Crippen molar-refractivity contribution in [2.24, 2.45) is 5.92 Å². The van der Waals surface area contributed by atoms with Gasteiger partial charge in [0.15, 0.2) is 11.0 Å². The summed E-state index contributed by atoms with van der Waals surface area (Å²) in [5.74, 6) is 1.94. The van der Waals surface area contributed by atoms with Crippen LogP contribution in [0.1, 0.15) is 32.8 Å². The molecule has 1 aliphatic rings. The Morgan fingerprint density at radius 3 is 2.24 bits per heavy atom. The van der Waals surface area contributed by atoms with E-state index in [9.17, 15) is 0 Å². The standard InChI is InChI=1S/C22H22BrCl2N3S/c1-21(2,3)15-6-4-14(5-7-15)19-26-27-20(29-13-16-12-22(16,24)25)28(19)18-10-8-17(23)9-11-18/h4-11,16H,12-13H2,1-3H3/t16-/m0/s1. The summed E-state index contributed by atoms with van der Waals surface area (Å²) in [6.07, 6.45) is 0.830. The molecule has 0 aliphatic heterocycles. The van der Waals surface area contributed by atoms with Crippen LogP contribution in [-0.2, 0) is 5.41 Å². The van der Waals surface area contributed by atoms with Crippen molar-refractivity contribution in [3.8, 4) is 17.1 Å². The first kappa shape index (κ1) is 21.2. The molecule has 0 radical (unpaired) electrons. The second kappa shape index (κ2) is 7.92. The first-order valence-electron chi connectivity index (χ1n) is 9.48. The third-order valence-corrected chi connectivity index (χ3v) is 7.64. The second-order valence-corrected chi connectivity index (χ2v) is 11.9. The van der Waals surface area contributed by atoms with Gasteiger partial charge in [-0.05, 0) is 41.7 Å². The van der Waals surface area contributed by atoms with E-state index in [1.807, 2.05) is 12.1 Å². The van der Waals surface area contributed by atoms with E-state index in [4.69, 9.17) is 23.2 Å². The van der Waals surface area contributed by atoms with Crippen LogP contribution in [0.15, 0.2) is 58.2 Å². The first-order valence-corrected chi connectivity index (χ1v) is 12.0. The first-order chi connectivity index (χ1) is 13.6. The summed E-state index contributed by atoms with van der Waals surface area (Å²) in [5, 5.41) is 9.86. The van der Waals surface area contributed by atoms with Gasteiger partial charge in [0.05, 0.1) is 0 Å². The van der Waals surface area contributed by atoms with E-state index in [0.29, 0.717) is 5.92 Å². The highest BCUT2D eigenvalue weighted by Crippen LogP contribution is 2.54. The predicted molar refractivity (Wildman–Crippen MR) is 126 cm³/mol. The van der Waals surface area contributed by atoms with E-state index < -0.39 is 4.33 Å². The van der Waals surface area contributed by atoms with Crippen molar-refractivity contribution in [3.05, 3.63) is 58.6 Å². The molecule has 3 nitrogen and oxygen atoms in total. The van der Waals surface area contributed by atoms with E-state index >= 15 is 0 Å². The number of hydrogen-bond donors (Lipinski definition) is 0. The van der Waals surface area contributed by atoms with Gasteiger partial charge in [-0.15, -0.1) is 33.4 Å². The number of rotatable bonds is 5. The van der Waals surface area contributed by atoms with Crippen LogP contribution in [-0.4, -0.2) is 24.9 Å². The zero-order valence-electron chi connectivity index (χ0n) is 16.5. The van der Waals surface area contributed by atoms with Gasteiger partial charge in [-0.25, -0.2) is 0 Å². The molecule has 1 aromatic heterocycles. The maximum atomic E-state index is 6.20. The highest BCUT2D eigenvalue weighted by atomic mass is 79.9. The Balaban J connectivity index is 1.70. The number of nitrogens with zero attached hydrogens (tertiary/aromatic N) is 3. The van der Waals surface area contributed by atoms with Gasteiger partial charge in [0.1, 0.15) is 4.33 Å². The Labute approximate surface area is 194 Å². The lowest BCUT2D eigenvalue weighted by Gasteiger charge is -2.19. The van der Waals surface area contributed by atoms with Gasteiger partial charge in [0.2, 0.25) is 0 Å². The molecule has 0 unspecified atom stereocenters. The number of aromatic nitrogens is 3. The number of alkyl halides is 2. The van der Waals surface area contributed by atoms with Crippen molar-refractivity contribution in [1.29, 1.82) is 0 Å². The van der Waals surface area contributed by atoms with Crippen LogP contribution < -0.4 is 0 Å². The van der Waals surface area contributed by atoms with Crippen LogP contribution in [0.2, 0.25) is 0 Å². The van der Waals surface area contributed by atoms with Crippen LogP contribution in [0.25, 0.3) is 17.1 Å². The van der Waals surface area contributed by atoms with Gasteiger partial charge in [-0.3, -0.25) is 4.57 Å². The molecule has 1 fully saturated rings. The van der Waals surface area contributed by atoms with Crippen molar-refractivity contribution >= 4 is 50.9 Å². The molecule has 0 spiro atoms. The molecule has 152 valence electrons. The van der Waals surface area contributed by atoms with Gasteiger partial charge in [-0.1, -0.05) is 72.7 Å². The molecule has 7 heteroatoms. The molecule has 0 saturated heterocycles. The van der Waals surface area contributed by atoms with Crippen molar-refractivity contribution in [2.45, 2.75) is 42.1 Å². The Kier molecular flexibility index (Phi) is 5.80. The Hall–Kier alpha value is -1.01. The van der Waals surface area contributed by atoms with E-state index in [1.54, 1.807) is 11.8 Å². The lowest BCUT2D eigenvalue weighted by atomic mass is 9.87. The van der Waals surface area contributed by atoms with Crippen LogP contribution in [0.3, 0.4) is 0 Å². The lowest BCUT2D eigenvalue weighted by Crippen LogP contribution is -2.10. The van der Waals surface area contributed by atoms with Crippen LogP contribution >= 0.6 is 50.9 Å². The number of hydrogen-bond acceptors (Lipinski definition) is 3. The molecule has 3 aromatic rings. The minimum absolute atomic E-state index is 0.110. The molecule has 29 heavy (non-hydrogen) atoms. The number of benzene rings is 2. The van der Waals surface area contributed by atoms with Gasteiger partial charge in [0.25, 0.3) is 0 Å². The minimum Gasteiger partial charge on any atom is -0.270 e. The fourth-order valence-electron chi connectivity index (χ4n) is 3.12. The molecular formula is C22H22BrCl2N3S. The minimum atomic E-state index is -0.582. The summed E-state index contributed by atoms with van der Waals surface area (Å²) in [5.41, 5.74) is 3.46. The highest BCUT2D eigenvalue weighted by Gasteiger charge is 2.51. The van der Waals surface area contributed by atoms with E-state index in [2.05, 4.69) is 87.9 Å². The Morgan fingerprint density at radius 2 is 1.69 bits per heavy atom. The maximum absolute atomic E-state index is 6.20. The topological polar surface area (TPSA) is 30.7 Å². The zero-order valence-corrected chi connectivity index (χ0v) is 20.4. The molecule has 0 N–H and O–H groups in total. The highest BCUT2D eigenvalue weighted by molar-refractivity contribution is 9.10. The van der Waals surface area contributed by atoms with Gasteiger partial charge in [-0.2, -0.15) is 0 Å². The van der Waals surface area contributed by atoms with E-state index in [-0.39, 0.29) is 5.41 Å². The monoisotopic (exact) mass is 509 g/mol. The predicted octanol–water partition coefficient (Wildman–Crippen LogP) is 7.28. The third kappa shape index (κ3) is 4.68. The molecule has 1 heterocycles. The molecule has 0 bridgehead atoms. The summed E-state index contributed by atoms with van der Waals surface area (Å²) >= 11 is 17.6. The smallest absolute Gasteiger partial charge is 0.196 e. The molecule has 1 saturated carbocycles. The molecule has 1 aliphatic carbocycles. The average molecular weight is 511 g/mol. The van der Waals surface area contributed by atoms with Crippen LogP contribution in [0, 0.1) is 5.92 Å². The zero-order chi connectivity index (χ0) is 20.8. The summed E-state index contributed by atoms with van der Waals surface area (Å²) in [4.78, 5) is 0. The molecule has 0 amide bonds. The lowest BCUT2D eigenvalue weighted by molar-refractivity contribution is 0.590. The number of thioether (sulfide) groups is 1. The maximum Gasteiger partial charge on any atom is 0.196 e. The van der Waals surface area contributed by atoms with Gasteiger partial charge >= 0.3 is 0 Å². The van der Waals surface area contributed by atoms with Crippen molar-refractivity contribution < 1.29 is 0 Å². The largest absolute Gasteiger partial charge is 0.270 e. The molecule has 1 atom stereocenters. The summed E-state index contributed by atoms with van der Waals surface area (Å²) in [7, 11) is 0. The van der Waals surface area contributed by atoms with Crippen LogP contribution in [0.5, 0.6) is 0 Å².